The van der Waals surface area contributed by atoms with E-state index in [9.17, 15) is 0 Å². The summed E-state index contributed by atoms with van der Waals surface area (Å²) in [5.41, 5.74) is 11.2. The normalized spacial score (nSPS) is 10.9. The molecular formula is C38H27N3. The Bertz CT molecular complexity index is 1920. The first-order valence-electron chi connectivity index (χ1n) is 13.8. The van der Waals surface area contributed by atoms with Crippen molar-refractivity contribution in [2.24, 2.45) is 0 Å². The Morgan fingerprint density at radius 1 is 0.317 bits per heavy atom. The molecule has 0 aliphatic rings. The maximum Gasteiger partial charge on any atom is 0.0973 e. The summed E-state index contributed by atoms with van der Waals surface area (Å²) in [4.78, 5) is 12.4. The molecule has 1 aromatic heterocycles. The highest BCUT2D eigenvalue weighted by molar-refractivity contribution is 5.87. The lowest BCUT2D eigenvalue weighted by Crippen LogP contribution is -2.09. The molecule has 3 nitrogen and oxygen atoms in total. The van der Waals surface area contributed by atoms with E-state index in [2.05, 4.69) is 120 Å². The number of hydrogen-bond donors (Lipinski definition) is 0. The molecule has 41 heavy (non-hydrogen) atoms. The van der Waals surface area contributed by atoms with Gasteiger partial charge in [0.2, 0.25) is 0 Å². The van der Waals surface area contributed by atoms with Gasteiger partial charge in [0.1, 0.15) is 0 Å². The molecular weight excluding hydrogens is 498 g/mol. The van der Waals surface area contributed by atoms with Gasteiger partial charge in [0, 0.05) is 28.2 Å². The molecule has 0 radical (unpaired) electrons. The van der Waals surface area contributed by atoms with Crippen LogP contribution in [0.15, 0.2) is 164 Å². The number of hydrogen-bond acceptors (Lipinski definition) is 3. The van der Waals surface area contributed by atoms with Crippen molar-refractivity contribution in [1.29, 1.82) is 0 Å². The first-order valence-corrected chi connectivity index (χ1v) is 13.8. The zero-order chi connectivity index (χ0) is 27.4. The lowest BCUT2D eigenvalue weighted by atomic mass is 10.0. The summed E-state index contributed by atoms with van der Waals surface area (Å²) in [6, 6.07) is 56.7. The molecule has 0 saturated heterocycles. The molecule has 7 rings (SSSR count). The molecule has 0 bridgehead atoms. The Kier molecular flexibility index (Phi) is 6.52. The van der Waals surface area contributed by atoms with Gasteiger partial charge >= 0.3 is 0 Å². The largest absolute Gasteiger partial charge is 0.310 e. The van der Waals surface area contributed by atoms with E-state index in [1.165, 1.54) is 11.1 Å². The van der Waals surface area contributed by atoms with Gasteiger partial charge < -0.3 is 4.90 Å². The van der Waals surface area contributed by atoms with Gasteiger partial charge in [-0.05, 0) is 59.7 Å². The van der Waals surface area contributed by atoms with Gasteiger partial charge in [-0.3, -0.25) is 0 Å². The summed E-state index contributed by atoms with van der Waals surface area (Å²) in [7, 11) is 0. The monoisotopic (exact) mass is 525 g/mol. The van der Waals surface area contributed by atoms with Crippen LogP contribution in [0, 0.1) is 0 Å². The van der Waals surface area contributed by atoms with Gasteiger partial charge in [-0.1, -0.05) is 115 Å². The first-order chi connectivity index (χ1) is 20.3. The maximum atomic E-state index is 5.08. The van der Waals surface area contributed by atoms with E-state index in [0.29, 0.717) is 0 Å². The number of benzene rings is 6. The van der Waals surface area contributed by atoms with Crippen molar-refractivity contribution in [3.05, 3.63) is 164 Å². The number of para-hydroxylation sites is 3. The van der Waals surface area contributed by atoms with Crippen molar-refractivity contribution < 1.29 is 0 Å². The minimum atomic E-state index is 0.874. The lowest BCUT2D eigenvalue weighted by molar-refractivity contribution is 1.27. The Labute approximate surface area is 240 Å². The summed E-state index contributed by atoms with van der Waals surface area (Å²) in [6.45, 7) is 0. The van der Waals surface area contributed by atoms with Gasteiger partial charge in [-0.2, -0.15) is 0 Å². The standard InChI is InChI=1S/C38H27N3/c1-4-13-28(14-5-1)31-17-12-20-34(27-31)41(32-18-8-3-9-19-32)33-25-23-30(24-26-33)38-37(29-15-6-2-7-16-29)39-35-21-10-11-22-36(35)40-38/h1-27H. The average molecular weight is 526 g/mol. The summed E-state index contributed by atoms with van der Waals surface area (Å²) in [5, 5.41) is 0. The second-order valence-corrected chi connectivity index (χ2v) is 9.91. The number of nitrogens with zero attached hydrogens (tertiary/aromatic N) is 3. The molecule has 0 saturated carbocycles. The van der Waals surface area contributed by atoms with Gasteiger partial charge in [-0.25, -0.2) is 9.97 Å². The molecule has 6 aromatic carbocycles. The number of aromatic nitrogens is 2. The molecule has 7 aromatic rings. The van der Waals surface area contributed by atoms with Crippen LogP contribution in [-0.2, 0) is 0 Å². The van der Waals surface area contributed by atoms with Crippen LogP contribution in [0.1, 0.15) is 0 Å². The van der Waals surface area contributed by atoms with Crippen LogP contribution in [0.25, 0.3) is 44.7 Å². The fourth-order valence-electron chi connectivity index (χ4n) is 5.25. The minimum absolute atomic E-state index is 0.874. The Morgan fingerprint density at radius 2 is 0.756 bits per heavy atom. The van der Waals surface area contributed by atoms with E-state index < -0.39 is 0 Å². The topological polar surface area (TPSA) is 29.0 Å². The number of fused-ring (bicyclic) bond motifs is 1. The summed E-state index contributed by atoms with van der Waals surface area (Å²) >= 11 is 0. The quantitative estimate of drug-likeness (QED) is 0.216. The van der Waals surface area contributed by atoms with E-state index in [1.54, 1.807) is 0 Å². The summed E-state index contributed by atoms with van der Waals surface area (Å²) in [6.07, 6.45) is 0. The Hall–Kier alpha value is -5.54. The van der Waals surface area contributed by atoms with Crippen LogP contribution in [0.5, 0.6) is 0 Å². The van der Waals surface area contributed by atoms with Crippen LogP contribution < -0.4 is 4.90 Å². The van der Waals surface area contributed by atoms with Crippen LogP contribution in [0.2, 0.25) is 0 Å². The smallest absolute Gasteiger partial charge is 0.0973 e. The Morgan fingerprint density at radius 3 is 1.37 bits per heavy atom. The third-order valence-electron chi connectivity index (χ3n) is 7.24. The SMILES string of the molecule is c1ccc(-c2cccc(N(c3ccccc3)c3ccc(-c4nc5ccccc5nc4-c4ccccc4)cc3)c2)cc1. The predicted molar refractivity (Wildman–Crippen MR) is 171 cm³/mol. The predicted octanol–water partition coefficient (Wildman–Crippen LogP) is 10.1. The van der Waals surface area contributed by atoms with Crippen molar-refractivity contribution in [2.45, 2.75) is 0 Å². The molecule has 0 unspecified atom stereocenters. The molecule has 0 amide bonds. The number of rotatable bonds is 6. The molecule has 0 spiro atoms. The maximum absolute atomic E-state index is 5.08. The van der Waals surface area contributed by atoms with Gasteiger partial charge in [0.25, 0.3) is 0 Å². The van der Waals surface area contributed by atoms with Gasteiger partial charge in [0.15, 0.2) is 0 Å². The van der Waals surface area contributed by atoms with Crippen molar-refractivity contribution in [1.82, 2.24) is 9.97 Å². The van der Waals surface area contributed by atoms with Crippen molar-refractivity contribution >= 4 is 28.1 Å². The van der Waals surface area contributed by atoms with Crippen molar-refractivity contribution in [3.63, 3.8) is 0 Å². The summed E-state index contributed by atoms with van der Waals surface area (Å²) < 4.78 is 0. The molecule has 0 fully saturated rings. The Balaban J connectivity index is 1.33. The van der Waals surface area contributed by atoms with Crippen molar-refractivity contribution in [3.8, 4) is 33.6 Å². The zero-order valence-electron chi connectivity index (χ0n) is 22.4. The molecule has 1 heterocycles. The van der Waals surface area contributed by atoms with E-state index in [0.717, 1.165) is 50.6 Å². The highest BCUT2D eigenvalue weighted by atomic mass is 15.1. The molecule has 194 valence electrons. The zero-order valence-corrected chi connectivity index (χ0v) is 22.4. The third kappa shape index (κ3) is 4.97. The van der Waals surface area contributed by atoms with E-state index >= 15 is 0 Å². The summed E-state index contributed by atoms with van der Waals surface area (Å²) in [5.74, 6) is 0. The fourth-order valence-corrected chi connectivity index (χ4v) is 5.25. The van der Waals surface area contributed by atoms with Crippen LogP contribution in [-0.4, -0.2) is 9.97 Å². The number of anilines is 3. The van der Waals surface area contributed by atoms with E-state index in [4.69, 9.17) is 9.97 Å². The van der Waals surface area contributed by atoms with Crippen LogP contribution in [0.3, 0.4) is 0 Å². The lowest BCUT2D eigenvalue weighted by Gasteiger charge is -2.26. The molecule has 0 atom stereocenters. The minimum Gasteiger partial charge on any atom is -0.310 e. The molecule has 3 heteroatoms. The highest BCUT2D eigenvalue weighted by Crippen LogP contribution is 2.38. The van der Waals surface area contributed by atoms with Crippen molar-refractivity contribution in [2.75, 3.05) is 4.90 Å². The first kappa shape index (κ1) is 24.5. The van der Waals surface area contributed by atoms with E-state index in [-0.39, 0.29) is 0 Å². The molecule has 0 N–H and O–H groups in total. The molecule has 0 aliphatic heterocycles. The third-order valence-corrected chi connectivity index (χ3v) is 7.24. The second kappa shape index (κ2) is 10.9. The van der Waals surface area contributed by atoms with Crippen LogP contribution >= 0.6 is 0 Å². The van der Waals surface area contributed by atoms with Gasteiger partial charge in [0.05, 0.1) is 22.4 Å². The average Bonchev–Trinajstić information content (AvgIpc) is 3.06. The fraction of sp³-hybridized carbons (Fsp3) is 0. The highest BCUT2D eigenvalue weighted by Gasteiger charge is 2.16. The molecule has 0 aliphatic carbocycles. The van der Waals surface area contributed by atoms with E-state index in [1.807, 2.05) is 48.5 Å². The second-order valence-electron chi connectivity index (χ2n) is 9.91. The van der Waals surface area contributed by atoms with Gasteiger partial charge in [-0.15, -0.1) is 0 Å². The van der Waals surface area contributed by atoms with Crippen LogP contribution in [0.4, 0.5) is 17.1 Å².